The lowest BCUT2D eigenvalue weighted by molar-refractivity contribution is 0.0900. The molecule has 2 heterocycles. The number of furan rings is 1. The monoisotopic (exact) mass is 288 g/mol. The van der Waals surface area contributed by atoms with Crippen LogP contribution < -0.4 is 10.9 Å². The van der Waals surface area contributed by atoms with Gasteiger partial charge in [-0.25, -0.2) is 0 Å². The molecule has 5 heteroatoms. The molecule has 0 bridgehead atoms. The van der Waals surface area contributed by atoms with Crippen molar-refractivity contribution in [3.05, 3.63) is 58.4 Å². The van der Waals surface area contributed by atoms with Crippen molar-refractivity contribution >= 4 is 5.91 Å². The van der Waals surface area contributed by atoms with Crippen LogP contribution >= 0.6 is 0 Å². The number of hydrogen-bond acceptors (Lipinski definition) is 3. The summed E-state index contributed by atoms with van der Waals surface area (Å²) in [5.74, 6) is 0.960. The second-order valence-corrected chi connectivity index (χ2v) is 5.44. The Labute approximate surface area is 123 Å². The molecule has 1 unspecified atom stereocenters. The number of hydrogen-bond donors (Lipinski definition) is 1. The van der Waals surface area contributed by atoms with Crippen LogP contribution in [0, 0.1) is 5.92 Å². The van der Waals surface area contributed by atoms with Crippen molar-refractivity contribution in [1.82, 2.24) is 9.88 Å². The van der Waals surface area contributed by atoms with Crippen molar-refractivity contribution < 1.29 is 9.21 Å². The summed E-state index contributed by atoms with van der Waals surface area (Å²) in [6.45, 7) is 6.35. The number of carbonyl (C=O) groups excluding carboxylic acids is 1. The lowest BCUT2D eigenvalue weighted by Crippen LogP contribution is -2.35. The van der Waals surface area contributed by atoms with Gasteiger partial charge in [0.2, 0.25) is 0 Å². The fourth-order valence-corrected chi connectivity index (χ4v) is 1.79. The SMILES string of the molecule is CC(C)C(C)NC(=O)c1ccc(Cn2ccccc2=O)o1. The minimum atomic E-state index is -0.233. The summed E-state index contributed by atoms with van der Waals surface area (Å²) in [6, 6.07) is 8.37. The van der Waals surface area contributed by atoms with E-state index in [4.69, 9.17) is 4.42 Å². The Hall–Kier alpha value is -2.30. The molecule has 1 atom stereocenters. The maximum absolute atomic E-state index is 12.0. The highest BCUT2D eigenvalue weighted by molar-refractivity contribution is 5.91. The number of aromatic nitrogens is 1. The van der Waals surface area contributed by atoms with Crippen LogP contribution in [0.3, 0.4) is 0 Å². The second kappa shape index (κ2) is 6.43. The highest BCUT2D eigenvalue weighted by Gasteiger charge is 2.15. The second-order valence-electron chi connectivity index (χ2n) is 5.44. The van der Waals surface area contributed by atoms with Gasteiger partial charge in [0.25, 0.3) is 11.5 Å². The molecule has 0 saturated carbocycles. The highest BCUT2D eigenvalue weighted by atomic mass is 16.4. The topological polar surface area (TPSA) is 64.2 Å². The molecule has 0 aliphatic rings. The van der Waals surface area contributed by atoms with E-state index in [-0.39, 0.29) is 23.3 Å². The van der Waals surface area contributed by atoms with E-state index in [9.17, 15) is 9.59 Å². The zero-order valence-electron chi connectivity index (χ0n) is 12.5. The normalized spacial score (nSPS) is 12.4. The van der Waals surface area contributed by atoms with E-state index in [1.807, 2.05) is 20.8 Å². The van der Waals surface area contributed by atoms with Crippen LogP contribution in [0.1, 0.15) is 37.1 Å². The van der Waals surface area contributed by atoms with Crippen LogP contribution in [0.25, 0.3) is 0 Å². The van der Waals surface area contributed by atoms with E-state index < -0.39 is 0 Å². The van der Waals surface area contributed by atoms with Crippen molar-refractivity contribution in [2.24, 2.45) is 5.92 Å². The Morgan fingerprint density at radius 3 is 2.67 bits per heavy atom. The molecule has 1 amide bonds. The minimum absolute atomic E-state index is 0.0720. The summed E-state index contributed by atoms with van der Waals surface area (Å²) in [5.41, 5.74) is -0.103. The van der Waals surface area contributed by atoms with Gasteiger partial charge in [-0.05, 0) is 31.0 Å². The Kier molecular flexibility index (Phi) is 4.62. The van der Waals surface area contributed by atoms with Crippen molar-refractivity contribution in [3.8, 4) is 0 Å². The summed E-state index contributed by atoms with van der Waals surface area (Å²) < 4.78 is 7.04. The first-order chi connectivity index (χ1) is 9.97. The van der Waals surface area contributed by atoms with Crippen molar-refractivity contribution in [2.75, 3.05) is 0 Å². The van der Waals surface area contributed by atoms with E-state index in [2.05, 4.69) is 5.32 Å². The zero-order valence-corrected chi connectivity index (χ0v) is 12.5. The molecule has 21 heavy (non-hydrogen) atoms. The molecule has 2 aromatic rings. The molecule has 2 rings (SSSR count). The predicted octanol–water partition coefficient (Wildman–Crippen LogP) is 2.26. The molecule has 0 fully saturated rings. The molecule has 0 aromatic carbocycles. The standard InChI is InChI=1S/C16H20N2O3/c1-11(2)12(3)17-16(20)14-8-7-13(21-14)10-18-9-5-4-6-15(18)19/h4-9,11-12H,10H2,1-3H3,(H,17,20). The Bertz CT molecular complexity index is 670. The first-order valence-electron chi connectivity index (χ1n) is 7.02. The molecule has 0 aliphatic heterocycles. The average Bonchev–Trinajstić information content (AvgIpc) is 2.90. The molecular weight excluding hydrogens is 268 g/mol. The van der Waals surface area contributed by atoms with Gasteiger partial charge in [0.05, 0.1) is 6.54 Å². The van der Waals surface area contributed by atoms with E-state index in [1.165, 1.54) is 10.6 Å². The van der Waals surface area contributed by atoms with Crippen molar-refractivity contribution in [1.29, 1.82) is 0 Å². The summed E-state index contributed by atoms with van der Waals surface area (Å²) in [7, 11) is 0. The number of carbonyl (C=O) groups is 1. The van der Waals surface area contributed by atoms with Gasteiger partial charge in [0.1, 0.15) is 5.76 Å². The smallest absolute Gasteiger partial charge is 0.287 e. The molecule has 2 aromatic heterocycles. The number of amides is 1. The quantitative estimate of drug-likeness (QED) is 0.918. The van der Waals surface area contributed by atoms with Crippen LogP contribution in [0.5, 0.6) is 0 Å². The van der Waals surface area contributed by atoms with E-state index >= 15 is 0 Å². The molecule has 0 aliphatic carbocycles. The van der Waals surface area contributed by atoms with Gasteiger partial charge in [0.15, 0.2) is 5.76 Å². The molecule has 0 spiro atoms. The zero-order chi connectivity index (χ0) is 15.4. The fraction of sp³-hybridized carbons (Fsp3) is 0.375. The van der Waals surface area contributed by atoms with E-state index in [1.54, 1.807) is 30.5 Å². The third kappa shape index (κ3) is 3.84. The van der Waals surface area contributed by atoms with Crippen LogP contribution in [0.2, 0.25) is 0 Å². The number of pyridine rings is 1. The van der Waals surface area contributed by atoms with Gasteiger partial charge in [-0.15, -0.1) is 0 Å². The number of rotatable bonds is 5. The third-order valence-corrected chi connectivity index (χ3v) is 3.47. The summed E-state index contributed by atoms with van der Waals surface area (Å²) in [5, 5.41) is 2.88. The summed E-state index contributed by atoms with van der Waals surface area (Å²) in [4.78, 5) is 23.6. The lowest BCUT2D eigenvalue weighted by atomic mass is 10.1. The molecule has 1 N–H and O–H groups in total. The van der Waals surface area contributed by atoms with Crippen LogP contribution in [0.15, 0.2) is 45.7 Å². The maximum Gasteiger partial charge on any atom is 0.287 e. The van der Waals surface area contributed by atoms with Gasteiger partial charge >= 0.3 is 0 Å². The largest absolute Gasteiger partial charge is 0.454 e. The van der Waals surface area contributed by atoms with Gasteiger partial charge < -0.3 is 14.3 Å². The Balaban J connectivity index is 2.06. The molecule has 0 radical (unpaired) electrons. The first-order valence-corrected chi connectivity index (χ1v) is 7.02. The van der Waals surface area contributed by atoms with Crippen LogP contribution in [-0.2, 0) is 6.54 Å². The van der Waals surface area contributed by atoms with Crippen LogP contribution in [-0.4, -0.2) is 16.5 Å². The first kappa shape index (κ1) is 15.1. The lowest BCUT2D eigenvalue weighted by Gasteiger charge is -2.16. The summed E-state index contributed by atoms with van der Waals surface area (Å²) >= 11 is 0. The number of nitrogens with one attached hydrogen (secondary N) is 1. The Morgan fingerprint density at radius 1 is 1.24 bits per heavy atom. The average molecular weight is 288 g/mol. The molecule has 112 valence electrons. The van der Waals surface area contributed by atoms with Gasteiger partial charge in [-0.3, -0.25) is 9.59 Å². The maximum atomic E-state index is 12.0. The van der Waals surface area contributed by atoms with Gasteiger partial charge in [-0.1, -0.05) is 19.9 Å². The summed E-state index contributed by atoms with van der Waals surface area (Å²) in [6.07, 6.45) is 1.69. The molecule has 0 saturated heterocycles. The third-order valence-electron chi connectivity index (χ3n) is 3.47. The minimum Gasteiger partial charge on any atom is -0.454 e. The van der Waals surface area contributed by atoms with E-state index in [0.29, 0.717) is 18.2 Å². The molecular formula is C16H20N2O3. The van der Waals surface area contributed by atoms with Crippen molar-refractivity contribution in [3.63, 3.8) is 0 Å². The van der Waals surface area contributed by atoms with Crippen LogP contribution in [0.4, 0.5) is 0 Å². The fourth-order valence-electron chi connectivity index (χ4n) is 1.79. The molecule has 5 nitrogen and oxygen atoms in total. The van der Waals surface area contributed by atoms with Gasteiger partial charge in [0, 0.05) is 18.3 Å². The van der Waals surface area contributed by atoms with Gasteiger partial charge in [-0.2, -0.15) is 0 Å². The predicted molar refractivity (Wildman–Crippen MR) is 80.3 cm³/mol. The highest BCUT2D eigenvalue weighted by Crippen LogP contribution is 2.10. The number of nitrogens with zero attached hydrogens (tertiary/aromatic N) is 1. The van der Waals surface area contributed by atoms with E-state index in [0.717, 1.165) is 0 Å². The van der Waals surface area contributed by atoms with Crippen molar-refractivity contribution in [2.45, 2.75) is 33.4 Å². The Morgan fingerprint density at radius 2 is 2.00 bits per heavy atom.